The molecule has 0 aromatic carbocycles. The van der Waals surface area contributed by atoms with Crippen LogP contribution in [0.2, 0.25) is 0 Å². The van der Waals surface area contributed by atoms with E-state index in [1.807, 2.05) is 6.92 Å². The van der Waals surface area contributed by atoms with Crippen LogP contribution in [0, 0.1) is 11.8 Å². The number of nitrogens with two attached hydrogens (primary N) is 1. The van der Waals surface area contributed by atoms with Gasteiger partial charge in [0.2, 0.25) is 0 Å². The van der Waals surface area contributed by atoms with Crippen LogP contribution in [0.4, 0.5) is 0 Å². The van der Waals surface area contributed by atoms with Gasteiger partial charge in [-0.15, -0.1) is 0 Å². The van der Waals surface area contributed by atoms with Gasteiger partial charge in [-0.25, -0.2) is 0 Å². The van der Waals surface area contributed by atoms with Gasteiger partial charge in [-0.2, -0.15) is 0 Å². The molecule has 0 saturated heterocycles. The van der Waals surface area contributed by atoms with Crippen molar-refractivity contribution in [3.63, 3.8) is 0 Å². The molecule has 0 aromatic rings. The van der Waals surface area contributed by atoms with Crippen molar-refractivity contribution in [3.8, 4) is 0 Å². The number of ketones is 1. The quantitative estimate of drug-likeness (QED) is 0.657. The third kappa shape index (κ3) is 2.32. The minimum atomic E-state index is -0.653. The van der Waals surface area contributed by atoms with Crippen molar-refractivity contribution in [1.82, 2.24) is 0 Å². The van der Waals surface area contributed by atoms with E-state index in [2.05, 4.69) is 4.74 Å². The van der Waals surface area contributed by atoms with E-state index in [-0.39, 0.29) is 11.7 Å². The van der Waals surface area contributed by atoms with Gasteiger partial charge in [0.25, 0.3) is 0 Å². The Labute approximate surface area is 83.8 Å². The molecule has 0 amide bonds. The zero-order chi connectivity index (χ0) is 10.7. The molecule has 4 nitrogen and oxygen atoms in total. The molecule has 1 aliphatic rings. The first-order valence-electron chi connectivity index (χ1n) is 4.91. The molecule has 0 bridgehead atoms. The van der Waals surface area contributed by atoms with E-state index in [9.17, 15) is 9.59 Å². The Kier molecular flexibility index (Phi) is 3.63. The van der Waals surface area contributed by atoms with Gasteiger partial charge in [0.15, 0.2) is 0 Å². The van der Waals surface area contributed by atoms with Crippen LogP contribution in [0.3, 0.4) is 0 Å². The highest BCUT2D eigenvalue weighted by atomic mass is 16.5. The van der Waals surface area contributed by atoms with E-state index in [1.165, 1.54) is 7.11 Å². The fourth-order valence-corrected chi connectivity index (χ4v) is 1.96. The van der Waals surface area contributed by atoms with Crippen LogP contribution in [0.25, 0.3) is 0 Å². The number of carbonyl (C=O) groups excluding carboxylic acids is 2. The van der Waals surface area contributed by atoms with Crippen LogP contribution < -0.4 is 5.73 Å². The van der Waals surface area contributed by atoms with Gasteiger partial charge in [-0.05, 0) is 18.3 Å². The van der Waals surface area contributed by atoms with Gasteiger partial charge in [0.05, 0.1) is 7.11 Å². The lowest BCUT2D eigenvalue weighted by molar-refractivity contribution is -0.144. The topological polar surface area (TPSA) is 69.4 Å². The lowest BCUT2D eigenvalue weighted by Gasteiger charge is -2.30. The minimum Gasteiger partial charge on any atom is -0.468 e. The van der Waals surface area contributed by atoms with Crippen molar-refractivity contribution >= 4 is 11.8 Å². The fraction of sp³-hybridized carbons (Fsp3) is 0.800. The Morgan fingerprint density at radius 3 is 2.86 bits per heavy atom. The SMILES string of the molecule is COC(=O)C(N)C1CC(=O)CCC1C. The number of hydrogen-bond donors (Lipinski definition) is 1. The number of ether oxygens (including phenoxy) is 1. The monoisotopic (exact) mass is 199 g/mol. The summed E-state index contributed by atoms with van der Waals surface area (Å²) in [4.78, 5) is 22.4. The van der Waals surface area contributed by atoms with E-state index in [0.717, 1.165) is 6.42 Å². The summed E-state index contributed by atoms with van der Waals surface area (Å²) in [6.45, 7) is 2.03. The second-order valence-electron chi connectivity index (χ2n) is 3.97. The molecule has 3 unspecified atom stereocenters. The third-order valence-corrected chi connectivity index (χ3v) is 3.01. The maximum Gasteiger partial charge on any atom is 0.322 e. The highest BCUT2D eigenvalue weighted by Gasteiger charge is 2.34. The molecule has 80 valence electrons. The number of methoxy groups -OCH3 is 1. The molecule has 0 heterocycles. The summed E-state index contributed by atoms with van der Waals surface area (Å²) in [6, 6.07) is -0.653. The number of esters is 1. The van der Waals surface area contributed by atoms with Crippen molar-refractivity contribution < 1.29 is 14.3 Å². The van der Waals surface area contributed by atoms with E-state index < -0.39 is 12.0 Å². The van der Waals surface area contributed by atoms with Crippen LogP contribution in [0.1, 0.15) is 26.2 Å². The summed E-state index contributed by atoms with van der Waals surface area (Å²) in [7, 11) is 1.32. The Balaban J connectivity index is 2.64. The number of carbonyl (C=O) groups is 2. The van der Waals surface area contributed by atoms with Crippen LogP contribution in [-0.4, -0.2) is 24.9 Å². The van der Waals surface area contributed by atoms with Gasteiger partial charge in [-0.1, -0.05) is 6.92 Å². The molecular weight excluding hydrogens is 182 g/mol. The maximum atomic E-state index is 11.2. The van der Waals surface area contributed by atoms with Crippen molar-refractivity contribution in [3.05, 3.63) is 0 Å². The Hall–Kier alpha value is -0.900. The average molecular weight is 199 g/mol. The van der Waals surface area contributed by atoms with E-state index in [0.29, 0.717) is 18.8 Å². The van der Waals surface area contributed by atoms with Gasteiger partial charge < -0.3 is 10.5 Å². The summed E-state index contributed by atoms with van der Waals surface area (Å²) in [5.41, 5.74) is 5.73. The second kappa shape index (κ2) is 4.55. The van der Waals surface area contributed by atoms with Crippen LogP contribution in [0.5, 0.6) is 0 Å². The molecule has 3 atom stereocenters. The molecule has 1 saturated carbocycles. The summed E-state index contributed by atoms with van der Waals surface area (Å²) < 4.78 is 4.57. The molecule has 1 aliphatic carbocycles. The maximum absolute atomic E-state index is 11.2. The number of Topliss-reactive ketones (excluding diaryl/α,β-unsaturated/α-hetero) is 1. The largest absolute Gasteiger partial charge is 0.468 e. The van der Waals surface area contributed by atoms with Crippen molar-refractivity contribution in [1.29, 1.82) is 0 Å². The standard InChI is InChI=1S/C10H17NO3/c1-6-3-4-7(12)5-8(6)9(11)10(13)14-2/h6,8-9H,3-5,11H2,1-2H3. The third-order valence-electron chi connectivity index (χ3n) is 3.01. The predicted molar refractivity (Wildman–Crippen MR) is 51.5 cm³/mol. The summed E-state index contributed by atoms with van der Waals surface area (Å²) in [5, 5.41) is 0. The molecule has 0 radical (unpaired) electrons. The van der Waals surface area contributed by atoms with Gasteiger partial charge in [0.1, 0.15) is 11.8 Å². The molecular formula is C10H17NO3. The molecule has 14 heavy (non-hydrogen) atoms. The van der Waals surface area contributed by atoms with Crippen LogP contribution in [-0.2, 0) is 14.3 Å². The lowest BCUT2D eigenvalue weighted by atomic mass is 9.76. The zero-order valence-corrected chi connectivity index (χ0v) is 8.66. The van der Waals surface area contributed by atoms with Crippen LogP contribution in [0.15, 0.2) is 0 Å². The normalized spacial score (nSPS) is 29.8. The van der Waals surface area contributed by atoms with E-state index in [4.69, 9.17) is 5.73 Å². The molecule has 1 rings (SSSR count). The number of rotatable bonds is 2. The zero-order valence-electron chi connectivity index (χ0n) is 8.66. The highest BCUT2D eigenvalue weighted by Crippen LogP contribution is 2.29. The molecule has 0 aliphatic heterocycles. The average Bonchev–Trinajstić information content (AvgIpc) is 2.19. The molecule has 4 heteroatoms. The van der Waals surface area contributed by atoms with Gasteiger partial charge in [0, 0.05) is 12.8 Å². The van der Waals surface area contributed by atoms with Gasteiger partial charge >= 0.3 is 5.97 Å². The highest BCUT2D eigenvalue weighted by molar-refractivity contribution is 5.82. The molecule has 0 aromatic heterocycles. The summed E-state index contributed by atoms with van der Waals surface area (Å²) in [5.74, 6) is 0.0505. The van der Waals surface area contributed by atoms with E-state index in [1.54, 1.807) is 0 Å². The van der Waals surface area contributed by atoms with Gasteiger partial charge in [-0.3, -0.25) is 9.59 Å². The van der Waals surface area contributed by atoms with Crippen molar-refractivity contribution in [2.45, 2.75) is 32.2 Å². The summed E-state index contributed by atoms with van der Waals surface area (Å²) >= 11 is 0. The number of hydrogen-bond acceptors (Lipinski definition) is 4. The molecule has 1 fully saturated rings. The predicted octanol–water partition coefficient (Wildman–Crippen LogP) is 0.492. The first kappa shape index (κ1) is 11.2. The second-order valence-corrected chi connectivity index (χ2v) is 3.97. The summed E-state index contributed by atoms with van der Waals surface area (Å²) in [6.07, 6.45) is 1.86. The fourth-order valence-electron chi connectivity index (χ4n) is 1.96. The first-order chi connectivity index (χ1) is 6.56. The molecule has 2 N–H and O–H groups in total. The van der Waals surface area contributed by atoms with Crippen molar-refractivity contribution in [2.75, 3.05) is 7.11 Å². The minimum absolute atomic E-state index is 0.0521. The lowest BCUT2D eigenvalue weighted by Crippen LogP contribution is -2.44. The first-order valence-corrected chi connectivity index (χ1v) is 4.91. The van der Waals surface area contributed by atoms with Crippen molar-refractivity contribution in [2.24, 2.45) is 17.6 Å². The smallest absolute Gasteiger partial charge is 0.322 e. The molecule has 0 spiro atoms. The Morgan fingerprint density at radius 1 is 1.64 bits per heavy atom. The van der Waals surface area contributed by atoms with E-state index >= 15 is 0 Å². The Morgan fingerprint density at radius 2 is 2.29 bits per heavy atom. The van der Waals surface area contributed by atoms with Crippen LogP contribution >= 0.6 is 0 Å². The Bertz CT molecular complexity index is 240.